The Morgan fingerprint density at radius 2 is 1.62 bits per heavy atom. The van der Waals surface area contributed by atoms with Crippen molar-refractivity contribution in [2.24, 2.45) is 0 Å². The van der Waals surface area contributed by atoms with Crippen LogP contribution in [0.4, 0.5) is 4.39 Å². The van der Waals surface area contributed by atoms with Crippen molar-refractivity contribution in [1.29, 1.82) is 0 Å². The van der Waals surface area contributed by atoms with E-state index < -0.39 is 5.97 Å². The second-order valence-electron chi connectivity index (χ2n) is 5.22. The number of ether oxygens (including phenoxy) is 3. The van der Waals surface area contributed by atoms with E-state index in [9.17, 15) is 9.18 Å². The molecule has 0 bridgehead atoms. The molecule has 132 valence electrons. The molecule has 0 aliphatic carbocycles. The number of benzene rings is 2. The smallest absolute Gasteiger partial charge is 0.345 e. The van der Waals surface area contributed by atoms with E-state index in [1.54, 1.807) is 30.3 Å². The third-order valence-corrected chi connectivity index (χ3v) is 3.60. The highest BCUT2D eigenvalue weighted by Gasteiger charge is 2.14. The molecule has 0 aliphatic rings. The zero-order valence-corrected chi connectivity index (χ0v) is 14.1. The molecule has 0 N–H and O–H groups in total. The van der Waals surface area contributed by atoms with Crippen molar-refractivity contribution in [1.82, 2.24) is 10.2 Å². The van der Waals surface area contributed by atoms with Gasteiger partial charge in [0.1, 0.15) is 5.82 Å². The van der Waals surface area contributed by atoms with Gasteiger partial charge in [-0.25, -0.2) is 9.18 Å². The molecule has 0 atom stereocenters. The van der Waals surface area contributed by atoms with E-state index in [2.05, 4.69) is 10.2 Å². The molecule has 1 aromatic heterocycles. The number of esters is 1. The Bertz CT molecular complexity index is 912. The Balaban J connectivity index is 1.74. The van der Waals surface area contributed by atoms with Gasteiger partial charge in [-0.05, 0) is 48.5 Å². The normalized spacial score (nSPS) is 10.3. The van der Waals surface area contributed by atoms with Crippen molar-refractivity contribution in [2.45, 2.75) is 0 Å². The van der Waals surface area contributed by atoms with Crippen LogP contribution in [0.15, 0.2) is 54.6 Å². The zero-order valence-electron chi connectivity index (χ0n) is 14.1. The van der Waals surface area contributed by atoms with Crippen LogP contribution >= 0.6 is 0 Å². The van der Waals surface area contributed by atoms with Crippen LogP contribution < -0.4 is 14.2 Å². The first-order valence-electron chi connectivity index (χ1n) is 7.64. The molecule has 0 saturated heterocycles. The van der Waals surface area contributed by atoms with Gasteiger partial charge in [0, 0.05) is 11.6 Å². The SMILES string of the molecule is COc1ccc(C(=O)Oc2ccc(-c3ccc(F)cc3)nn2)cc1OC. The number of rotatable bonds is 5. The van der Waals surface area contributed by atoms with Gasteiger partial charge >= 0.3 is 5.97 Å². The zero-order chi connectivity index (χ0) is 18.5. The number of carbonyl (C=O) groups is 1. The Labute approximate surface area is 149 Å². The highest BCUT2D eigenvalue weighted by molar-refractivity contribution is 5.91. The second kappa shape index (κ2) is 7.60. The van der Waals surface area contributed by atoms with E-state index >= 15 is 0 Å². The summed E-state index contributed by atoms with van der Waals surface area (Å²) < 4.78 is 28.5. The molecule has 0 saturated carbocycles. The third-order valence-electron chi connectivity index (χ3n) is 3.60. The number of hydrogen-bond donors (Lipinski definition) is 0. The minimum Gasteiger partial charge on any atom is -0.493 e. The molecular weight excluding hydrogens is 339 g/mol. The van der Waals surface area contributed by atoms with Crippen LogP contribution in [0.3, 0.4) is 0 Å². The summed E-state index contributed by atoms with van der Waals surface area (Å²) in [6.45, 7) is 0. The molecule has 0 spiro atoms. The molecule has 0 fully saturated rings. The fourth-order valence-corrected chi connectivity index (χ4v) is 2.27. The summed E-state index contributed by atoms with van der Waals surface area (Å²) in [6, 6.07) is 13.7. The highest BCUT2D eigenvalue weighted by Crippen LogP contribution is 2.28. The number of aromatic nitrogens is 2. The number of halogens is 1. The van der Waals surface area contributed by atoms with E-state index in [0.717, 1.165) is 0 Å². The van der Waals surface area contributed by atoms with Crippen LogP contribution in [-0.4, -0.2) is 30.4 Å². The number of nitrogens with zero attached hydrogens (tertiary/aromatic N) is 2. The number of carbonyl (C=O) groups excluding carboxylic acids is 1. The highest BCUT2D eigenvalue weighted by atomic mass is 19.1. The molecule has 0 aliphatic heterocycles. The van der Waals surface area contributed by atoms with Crippen molar-refractivity contribution >= 4 is 5.97 Å². The summed E-state index contributed by atoms with van der Waals surface area (Å²) in [5.41, 5.74) is 1.53. The maximum atomic E-state index is 13.0. The van der Waals surface area contributed by atoms with Crippen LogP contribution in [0.25, 0.3) is 11.3 Å². The van der Waals surface area contributed by atoms with Gasteiger partial charge in [0.15, 0.2) is 11.5 Å². The summed E-state index contributed by atoms with van der Waals surface area (Å²) in [5.74, 6) is 0.0415. The molecule has 0 unspecified atom stereocenters. The molecule has 26 heavy (non-hydrogen) atoms. The molecule has 1 heterocycles. The minimum absolute atomic E-state index is 0.0515. The van der Waals surface area contributed by atoms with E-state index in [1.165, 1.54) is 38.5 Å². The van der Waals surface area contributed by atoms with Crippen LogP contribution in [0.2, 0.25) is 0 Å². The average Bonchev–Trinajstić information content (AvgIpc) is 2.68. The lowest BCUT2D eigenvalue weighted by atomic mass is 10.1. The summed E-state index contributed by atoms with van der Waals surface area (Å²) in [7, 11) is 2.99. The standard InChI is InChI=1S/C19H15FN2O4/c1-24-16-9-5-13(11-17(16)25-2)19(23)26-18-10-8-15(21-22-18)12-3-6-14(20)7-4-12/h3-11H,1-2H3. The Hall–Kier alpha value is -3.48. The summed E-state index contributed by atoms with van der Waals surface area (Å²) in [6.07, 6.45) is 0. The fourth-order valence-electron chi connectivity index (χ4n) is 2.27. The van der Waals surface area contributed by atoms with Gasteiger partial charge in [-0.3, -0.25) is 0 Å². The number of hydrogen-bond acceptors (Lipinski definition) is 6. The monoisotopic (exact) mass is 354 g/mol. The molecule has 0 amide bonds. The molecule has 3 aromatic rings. The van der Waals surface area contributed by atoms with Gasteiger partial charge in [0.2, 0.25) is 5.88 Å². The topological polar surface area (TPSA) is 70.5 Å². The first-order valence-corrected chi connectivity index (χ1v) is 7.64. The van der Waals surface area contributed by atoms with E-state index in [4.69, 9.17) is 14.2 Å². The Morgan fingerprint density at radius 3 is 2.23 bits per heavy atom. The van der Waals surface area contributed by atoms with Gasteiger partial charge in [0.25, 0.3) is 0 Å². The van der Waals surface area contributed by atoms with Crippen molar-refractivity contribution in [3.8, 4) is 28.6 Å². The minimum atomic E-state index is -0.602. The van der Waals surface area contributed by atoms with Crippen LogP contribution in [0.1, 0.15) is 10.4 Å². The van der Waals surface area contributed by atoms with Gasteiger partial charge in [-0.2, -0.15) is 0 Å². The lowest BCUT2D eigenvalue weighted by molar-refractivity contribution is 0.0725. The Morgan fingerprint density at radius 1 is 0.885 bits per heavy atom. The molecule has 2 aromatic carbocycles. The van der Waals surface area contributed by atoms with E-state index in [-0.39, 0.29) is 17.3 Å². The van der Waals surface area contributed by atoms with Gasteiger partial charge < -0.3 is 14.2 Å². The lowest BCUT2D eigenvalue weighted by Gasteiger charge is -2.09. The van der Waals surface area contributed by atoms with Gasteiger partial charge in [-0.1, -0.05) is 0 Å². The first-order chi connectivity index (χ1) is 12.6. The summed E-state index contributed by atoms with van der Waals surface area (Å²) in [5, 5.41) is 7.87. The van der Waals surface area contributed by atoms with Gasteiger partial charge in [0.05, 0.1) is 25.5 Å². The first kappa shape index (κ1) is 17.3. The van der Waals surface area contributed by atoms with Crippen molar-refractivity contribution < 1.29 is 23.4 Å². The third kappa shape index (κ3) is 3.77. The van der Waals surface area contributed by atoms with Crippen molar-refractivity contribution in [3.05, 3.63) is 66.0 Å². The summed E-state index contributed by atoms with van der Waals surface area (Å²) >= 11 is 0. The van der Waals surface area contributed by atoms with E-state index in [1.807, 2.05) is 0 Å². The van der Waals surface area contributed by atoms with Crippen molar-refractivity contribution in [3.63, 3.8) is 0 Å². The predicted molar refractivity (Wildman–Crippen MR) is 91.9 cm³/mol. The second-order valence-corrected chi connectivity index (χ2v) is 5.22. The van der Waals surface area contributed by atoms with Crippen LogP contribution in [-0.2, 0) is 0 Å². The van der Waals surface area contributed by atoms with Crippen LogP contribution in [0.5, 0.6) is 17.4 Å². The molecule has 7 heteroatoms. The lowest BCUT2D eigenvalue weighted by Crippen LogP contribution is -2.10. The van der Waals surface area contributed by atoms with E-state index in [0.29, 0.717) is 22.8 Å². The Kier molecular flexibility index (Phi) is 5.07. The maximum Gasteiger partial charge on any atom is 0.345 e. The maximum absolute atomic E-state index is 13.0. The summed E-state index contributed by atoms with van der Waals surface area (Å²) in [4.78, 5) is 12.2. The average molecular weight is 354 g/mol. The molecular formula is C19H15FN2O4. The van der Waals surface area contributed by atoms with Crippen molar-refractivity contribution in [2.75, 3.05) is 14.2 Å². The van der Waals surface area contributed by atoms with Crippen LogP contribution in [0, 0.1) is 5.82 Å². The number of methoxy groups -OCH3 is 2. The molecule has 6 nitrogen and oxygen atoms in total. The molecule has 0 radical (unpaired) electrons. The molecule has 3 rings (SSSR count). The fraction of sp³-hybridized carbons (Fsp3) is 0.105. The quantitative estimate of drug-likeness (QED) is 0.653. The largest absolute Gasteiger partial charge is 0.493 e. The van der Waals surface area contributed by atoms with Gasteiger partial charge in [-0.15, -0.1) is 10.2 Å². The predicted octanol–water partition coefficient (Wildman–Crippen LogP) is 3.52.